The molecule has 0 saturated carbocycles. The van der Waals surface area contributed by atoms with Crippen LogP contribution in [0.25, 0.3) is 21.9 Å². The van der Waals surface area contributed by atoms with Gasteiger partial charge in [-0.1, -0.05) is 42.1 Å². The SMILES string of the molecule is C#Cc1cc(C[C@@H](CC(=O)N2CCC(n3c(=O)[nH]c4c5ccccc5ncc43)CC2)C(=O)N2CCC(N3CCCCC3)CC2)cc(Cl)c1N. The number of aromatic nitrogens is 3. The van der Waals surface area contributed by atoms with Crippen LogP contribution >= 0.6 is 11.6 Å². The highest BCUT2D eigenvalue weighted by Crippen LogP contribution is 2.31. The Bertz CT molecular complexity index is 1960. The summed E-state index contributed by atoms with van der Waals surface area (Å²) in [5.74, 6) is 1.98. The third-order valence-corrected chi connectivity index (χ3v) is 11.2. The molecule has 2 aromatic heterocycles. The predicted molar refractivity (Wildman–Crippen MR) is 193 cm³/mol. The number of imidazole rings is 1. The molecule has 256 valence electrons. The fourth-order valence-corrected chi connectivity index (χ4v) is 8.47. The van der Waals surface area contributed by atoms with Gasteiger partial charge in [0.1, 0.15) is 0 Å². The Morgan fingerprint density at radius 1 is 0.980 bits per heavy atom. The number of piperidine rings is 3. The number of aromatic amines is 1. The number of likely N-dealkylation sites (tertiary alicyclic amines) is 3. The van der Waals surface area contributed by atoms with E-state index in [1.54, 1.807) is 22.9 Å². The minimum atomic E-state index is -0.558. The highest BCUT2D eigenvalue weighted by Gasteiger charge is 2.34. The van der Waals surface area contributed by atoms with Crippen molar-refractivity contribution in [1.82, 2.24) is 29.2 Å². The Labute approximate surface area is 291 Å². The molecule has 10 nitrogen and oxygen atoms in total. The van der Waals surface area contributed by atoms with E-state index in [0.717, 1.165) is 53.4 Å². The summed E-state index contributed by atoms with van der Waals surface area (Å²) in [6.45, 7) is 4.67. The van der Waals surface area contributed by atoms with Crippen LogP contribution in [0.15, 0.2) is 47.4 Å². The van der Waals surface area contributed by atoms with Gasteiger partial charge in [0.2, 0.25) is 11.8 Å². The number of amides is 2. The summed E-state index contributed by atoms with van der Waals surface area (Å²) in [7, 11) is 0. The smallest absolute Gasteiger partial charge is 0.326 e. The fourth-order valence-electron chi connectivity index (χ4n) is 8.23. The lowest BCUT2D eigenvalue weighted by atomic mass is 9.91. The molecule has 3 aliphatic rings. The first-order valence-electron chi connectivity index (χ1n) is 17.6. The number of carbonyl (C=O) groups is 2. The highest BCUT2D eigenvalue weighted by atomic mass is 35.5. The molecule has 3 N–H and O–H groups in total. The zero-order valence-corrected chi connectivity index (χ0v) is 28.6. The van der Waals surface area contributed by atoms with E-state index in [1.165, 1.54) is 19.3 Å². The molecule has 0 unspecified atom stereocenters. The number of pyridine rings is 1. The number of fused-ring (bicyclic) bond motifs is 3. The van der Waals surface area contributed by atoms with Crippen LogP contribution in [0.1, 0.15) is 68.5 Å². The van der Waals surface area contributed by atoms with Crippen molar-refractivity contribution in [3.05, 3.63) is 69.2 Å². The number of anilines is 1. The number of halogens is 1. The van der Waals surface area contributed by atoms with Gasteiger partial charge in [-0.3, -0.25) is 19.1 Å². The number of benzene rings is 2. The summed E-state index contributed by atoms with van der Waals surface area (Å²) in [4.78, 5) is 55.2. The van der Waals surface area contributed by atoms with Crippen LogP contribution < -0.4 is 11.4 Å². The lowest BCUT2D eigenvalue weighted by Gasteiger charge is -2.41. The summed E-state index contributed by atoms with van der Waals surface area (Å²) in [5, 5.41) is 1.26. The minimum Gasteiger partial charge on any atom is -0.397 e. The Morgan fingerprint density at radius 2 is 1.67 bits per heavy atom. The van der Waals surface area contributed by atoms with Crippen LogP contribution in [0.2, 0.25) is 5.02 Å². The van der Waals surface area contributed by atoms with Gasteiger partial charge in [-0.15, -0.1) is 6.42 Å². The second-order valence-corrected chi connectivity index (χ2v) is 14.3. The van der Waals surface area contributed by atoms with Gasteiger partial charge in [0.15, 0.2) is 0 Å². The Kier molecular flexibility index (Phi) is 9.66. The number of rotatable bonds is 7. The molecule has 3 aliphatic heterocycles. The van der Waals surface area contributed by atoms with E-state index in [1.807, 2.05) is 34.1 Å². The molecule has 11 heteroatoms. The Balaban J connectivity index is 1.05. The van der Waals surface area contributed by atoms with Crippen molar-refractivity contribution < 1.29 is 9.59 Å². The third kappa shape index (κ3) is 6.79. The van der Waals surface area contributed by atoms with Crippen molar-refractivity contribution in [2.75, 3.05) is 45.0 Å². The van der Waals surface area contributed by atoms with Crippen molar-refractivity contribution in [2.45, 2.75) is 69.9 Å². The number of hydrogen-bond acceptors (Lipinski definition) is 6. The highest BCUT2D eigenvalue weighted by molar-refractivity contribution is 6.33. The van der Waals surface area contributed by atoms with Gasteiger partial charge in [0.05, 0.1) is 39.4 Å². The van der Waals surface area contributed by atoms with Crippen molar-refractivity contribution in [2.24, 2.45) is 5.92 Å². The maximum Gasteiger partial charge on any atom is 0.326 e. The second-order valence-electron chi connectivity index (χ2n) is 13.9. The number of nitrogen functional groups attached to an aromatic ring is 1. The first-order chi connectivity index (χ1) is 23.8. The van der Waals surface area contributed by atoms with Crippen LogP contribution in [0.3, 0.4) is 0 Å². The number of terminal acetylenes is 1. The van der Waals surface area contributed by atoms with Crippen LogP contribution in [0.5, 0.6) is 0 Å². The second kappa shape index (κ2) is 14.3. The number of nitrogens with one attached hydrogen (secondary N) is 1. The van der Waals surface area contributed by atoms with Gasteiger partial charge in [0.25, 0.3) is 0 Å². The molecule has 1 atom stereocenters. The summed E-state index contributed by atoms with van der Waals surface area (Å²) in [6, 6.07) is 11.8. The van der Waals surface area contributed by atoms with E-state index in [4.69, 9.17) is 23.8 Å². The maximum atomic E-state index is 14.2. The molecule has 5 heterocycles. The number of nitrogens with two attached hydrogens (primary N) is 1. The average molecular weight is 682 g/mol. The lowest BCUT2D eigenvalue weighted by molar-refractivity contribution is -0.143. The van der Waals surface area contributed by atoms with E-state index in [-0.39, 0.29) is 30.0 Å². The number of para-hydroxylation sites is 1. The molecule has 0 bridgehead atoms. The van der Waals surface area contributed by atoms with E-state index in [0.29, 0.717) is 67.8 Å². The summed E-state index contributed by atoms with van der Waals surface area (Å²) < 4.78 is 1.80. The molecule has 3 fully saturated rings. The van der Waals surface area contributed by atoms with Crippen LogP contribution in [-0.4, -0.2) is 86.4 Å². The lowest BCUT2D eigenvalue weighted by Crippen LogP contribution is -2.50. The van der Waals surface area contributed by atoms with Crippen molar-refractivity contribution in [1.29, 1.82) is 0 Å². The molecule has 0 radical (unpaired) electrons. The monoisotopic (exact) mass is 681 g/mol. The normalized spacial score (nSPS) is 18.9. The molecule has 3 saturated heterocycles. The van der Waals surface area contributed by atoms with Gasteiger partial charge < -0.3 is 25.4 Å². The van der Waals surface area contributed by atoms with Crippen LogP contribution in [-0.2, 0) is 16.0 Å². The predicted octanol–water partition coefficient (Wildman–Crippen LogP) is 4.98. The zero-order valence-electron chi connectivity index (χ0n) is 27.9. The molecule has 7 rings (SSSR count). The molecule has 2 amide bonds. The summed E-state index contributed by atoms with van der Waals surface area (Å²) >= 11 is 6.43. The van der Waals surface area contributed by atoms with E-state index >= 15 is 0 Å². The molecule has 0 aliphatic carbocycles. The number of hydrogen-bond donors (Lipinski definition) is 2. The quantitative estimate of drug-likeness (QED) is 0.210. The summed E-state index contributed by atoms with van der Waals surface area (Å²) in [6.07, 6.45) is 14.9. The van der Waals surface area contributed by atoms with Crippen molar-refractivity contribution in [3.8, 4) is 12.3 Å². The molecule has 4 aromatic rings. The van der Waals surface area contributed by atoms with E-state index in [9.17, 15) is 14.4 Å². The molecular weight excluding hydrogens is 638 g/mol. The number of H-pyrrole nitrogens is 1. The Morgan fingerprint density at radius 3 is 2.41 bits per heavy atom. The number of carbonyl (C=O) groups excluding carboxylic acids is 2. The third-order valence-electron chi connectivity index (χ3n) is 10.9. The van der Waals surface area contributed by atoms with Crippen LogP contribution in [0, 0.1) is 18.3 Å². The van der Waals surface area contributed by atoms with Gasteiger partial charge in [-0.2, -0.15) is 0 Å². The van der Waals surface area contributed by atoms with Crippen molar-refractivity contribution in [3.63, 3.8) is 0 Å². The topological polar surface area (TPSA) is 121 Å². The van der Waals surface area contributed by atoms with E-state index in [2.05, 4.69) is 20.8 Å². The zero-order chi connectivity index (χ0) is 34.1. The Hall–Kier alpha value is -4.33. The van der Waals surface area contributed by atoms with Gasteiger partial charge in [0, 0.05) is 55.6 Å². The first kappa shape index (κ1) is 33.2. The van der Waals surface area contributed by atoms with Crippen molar-refractivity contribution >= 4 is 51.0 Å². The maximum absolute atomic E-state index is 14.2. The first-order valence-corrected chi connectivity index (χ1v) is 18.0. The fraction of sp³-hybridized carbons (Fsp3) is 0.474. The molecular formula is C38H44ClN7O3. The van der Waals surface area contributed by atoms with Gasteiger partial charge in [-0.25, -0.2) is 4.79 Å². The van der Waals surface area contributed by atoms with Gasteiger partial charge >= 0.3 is 5.69 Å². The van der Waals surface area contributed by atoms with E-state index < -0.39 is 5.92 Å². The average Bonchev–Trinajstić information content (AvgIpc) is 3.49. The number of nitrogens with zero attached hydrogens (tertiary/aromatic N) is 5. The summed E-state index contributed by atoms with van der Waals surface area (Å²) in [5.41, 5.74) is 9.93. The molecule has 0 spiro atoms. The molecule has 49 heavy (non-hydrogen) atoms. The molecule has 2 aromatic carbocycles. The standard InChI is InChI=1S/C38H44ClN7O3/c1-2-26-20-25(22-31(39)35(26)40)21-27(37(48)45-18-10-28(11-19-45)43-14-6-3-7-15-43)23-34(47)44-16-12-29(13-17-44)46-33-24-41-32-9-5-4-8-30(32)36(33)42-38(46)49/h1,4-5,8-9,20,22,24,27-29H,3,6-7,10-19,21,23,40H2,(H,42,49)/t27-/m0/s1. The van der Waals surface area contributed by atoms with Crippen LogP contribution in [0.4, 0.5) is 5.69 Å². The minimum absolute atomic E-state index is 0.000562. The van der Waals surface area contributed by atoms with Gasteiger partial charge in [-0.05, 0) is 81.8 Å². The largest absolute Gasteiger partial charge is 0.397 e.